The number of benzene rings is 2. The standard InChI is InChI=1S/C23H20FNO5S/c1-3-30-21(26)13-20-25(14-16-4-8-17(9-5-16)23(28)29-2)22(27)19(31-20)12-15-6-10-18(24)11-7-15/h4-13H,3,14H2,1-2H3/b19-12-,20-13-. The molecule has 0 fully saturated rings. The third kappa shape index (κ3) is 5.55. The predicted octanol–water partition coefficient (Wildman–Crippen LogP) is 2.06. The van der Waals surface area contributed by atoms with Gasteiger partial charge in [0.1, 0.15) is 10.5 Å². The molecule has 0 radical (unpaired) electrons. The van der Waals surface area contributed by atoms with Gasteiger partial charge >= 0.3 is 11.9 Å². The molecule has 31 heavy (non-hydrogen) atoms. The molecule has 0 spiro atoms. The first kappa shape index (κ1) is 22.2. The molecule has 0 atom stereocenters. The van der Waals surface area contributed by atoms with Crippen LogP contribution < -0.4 is 14.8 Å². The van der Waals surface area contributed by atoms with Gasteiger partial charge < -0.3 is 9.47 Å². The number of methoxy groups -OCH3 is 1. The van der Waals surface area contributed by atoms with Crippen molar-refractivity contribution in [1.82, 2.24) is 4.57 Å². The Morgan fingerprint density at radius 2 is 1.77 bits per heavy atom. The first-order valence-electron chi connectivity index (χ1n) is 9.44. The SMILES string of the molecule is CCOC(=O)/C=c1\s/c(=C\c2ccc(F)cc2)c(=O)n1Cc1ccc(C(=O)OC)cc1. The topological polar surface area (TPSA) is 74.6 Å². The van der Waals surface area contributed by atoms with Crippen LogP contribution in [0.25, 0.3) is 12.2 Å². The van der Waals surface area contributed by atoms with Gasteiger partial charge in [0.15, 0.2) is 0 Å². The van der Waals surface area contributed by atoms with Crippen LogP contribution in [0.1, 0.15) is 28.4 Å². The molecule has 3 rings (SSSR count). The monoisotopic (exact) mass is 441 g/mol. The van der Waals surface area contributed by atoms with E-state index in [1.165, 1.54) is 29.9 Å². The number of carbonyl (C=O) groups is 2. The first-order valence-corrected chi connectivity index (χ1v) is 10.3. The fourth-order valence-electron chi connectivity index (χ4n) is 2.83. The molecule has 8 heteroatoms. The van der Waals surface area contributed by atoms with E-state index in [4.69, 9.17) is 9.47 Å². The number of hydrogen-bond acceptors (Lipinski definition) is 6. The van der Waals surface area contributed by atoms with E-state index in [9.17, 15) is 18.8 Å². The van der Waals surface area contributed by atoms with E-state index in [1.54, 1.807) is 49.4 Å². The Hall–Kier alpha value is -3.52. The Bertz CT molecular complexity index is 1260. The first-order chi connectivity index (χ1) is 14.9. The molecule has 0 amide bonds. The maximum Gasteiger partial charge on any atom is 0.337 e. The average Bonchev–Trinajstić information content (AvgIpc) is 3.04. The van der Waals surface area contributed by atoms with E-state index in [0.717, 1.165) is 16.9 Å². The molecule has 0 aliphatic rings. The van der Waals surface area contributed by atoms with Gasteiger partial charge in [0, 0.05) is 0 Å². The highest BCUT2D eigenvalue weighted by molar-refractivity contribution is 7.07. The highest BCUT2D eigenvalue weighted by Crippen LogP contribution is 2.07. The van der Waals surface area contributed by atoms with Crippen LogP contribution in [0.4, 0.5) is 4.39 Å². The molecule has 2 aromatic carbocycles. The normalized spacial score (nSPS) is 12.1. The van der Waals surface area contributed by atoms with Crippen molar-refractivity contribution in [3.8, 4) is 0 Å². The summed E-state index contributed by atoms with van der Waals surface area (Å²) in [5.41, 5.74) is 1.53. The summed E-state index contributed by atoms with van der Waals surface area (Å²) in [6.45, 7) is 2.11. The lowest BCUT2D eigenvalue weighted by molar-refractivity contribution is -0.135. The summed E-state index contributed by atoms with van der Waals surface area (Å²) < 4.78 is 25.1. The van der Waals surface area contributed by atoms with Crippen LogP contribution in [0.3, 0.4) is 0 Å². The molecule has 0 aliphatic carbocycles. The smallest absolute Gasteiger partial charge is 0.337 e. The lowest BCUT2D eigenvalue weighted by atomic mass is 10.1. The molecule has 6 nitrogen and oxygen atoms in total. The Morgan fingerprint density at radius 1 is 1.10 bits per heavy atom. The van der Waals surface area contributed by atoms with Gasteiger partial charge in [-0.15, -0.1) is 11.3 Å². The minimum absolute atomic E-state index is 0.194. The second-order valence-corrected chi connectivity index (χ2v) is 7.54. The van der Waals surface area contributed by atoms with Crippen molar-refractivity contribution in [2.75, 3.05) is 13.7 Å². The summed E-state index contributed by atoms with van der Waals surface area (Å²) in [5, 5.41) is 0. The molecule has 3 aromatic rings. The van der Waals surface area contributed by atoms with E-state index in [2.05, 4.69) is 0 Å². The van der Waals surface area contributed by atoms with Gasteiger partial charge in [0.05, 0.1) is 36.4 Å². The van der Waals surface area contributed by atoms with Crippen LogP contribution in [-0.4, -0.2) is 30.2 Å². The zero-order valence-electron chi connectivity index (χ0n) is 17.0. The highest BCUT2D eigenvalue weighted by Gasteiger charge is 2.10. The Labute approximate surface area is 181 Å². The van der Waals surface area contributed by atoms with Crippen LogP contribution in [-0.2, 0) is 20.8 Å². The zero-order valence-corrected chi connectivity index (χ0v) is 17.8. The van der Waals surface area contributed by atoms with Gasteiger partial charge in [-0.2, -0.15) is 0 Å². The van der Waals surface area contributed by atoms with Gasteiger partial charge in [-0.1, -0.05) is 24.3 Å². The number of carbonyl (C=O) groups excluding carboxylic acids is 2. The van der Waals surface area contributed by atoms with Gasteiger partial charge in [0.2, 0.25) is 0 Å². The van der Waals surface area contributed by atoms with Crippen LogP contribution >= 0.6 is 11.3 Å². The molecule has 1 heterocycles. The van der Waals surface area contributed by atoms with E-state index >= 15 is 0 Å². The van der Waals surface area contributed by atoms with Crippen molar-refractivity contribution in [3.63, 3.8) is 0 Å². The Kier molecular flexibility index (Phi) is 7.15. The quantitative estimate of drug-likeness (QED) is 0.548. The molecule has 0 saturated heterocycles. The maximum atomic E-state index is 13.2. The van der Waals surface area contributed by atoms with Crippen molar-refractivity contribution in [2.45, 2.75) is 13.5 Å². The van der Waals surface area contributed by atoms with Crippen LogP contribution in [0.2, 0.25) is 0 Å². The molecule has 0 N–H and O–H groups in total. The Balaban J connectivity index is 2.06. The molecule has 1 aromatic heterocycles. The molecule has 0 aliphatic heterocycles. The van der Waals surface area contributed by atoms with E-state index in [-0.39, 0.29) is 24.5 Å². The summed E-state index contributed by atoms with van der Waals surface area (Å²) >= 11 is 1.14. The van der Waals surface area contributed by atoms with Gasteiger partial charge in [-0.05, 0) is 48.4 Å². The summed E-state index contributed by atoms with van der Waals surface area (Å²) in [6, 6.07) is 12.4. The van der Waals surface area contributed by atoms with Gasteiger partial charge in [-0.25, -0.2) is 14.0 Å². The number of esters is 2. The number of aromatic nitrogens is 1. The van der Waals surface area contributed by atoms with Crippen molar-refractivity contribution in [3.05, 3.63) is 90.6 Å². The fraction of sp³-hybridized carbons (Fsp3) is 0.174. The van der Waals surface area contributed by atoms with E-state index in [1.807, 2.05) is 0 Å². The summed E-state index contributed by atoms with van der Waals surface area (Å²) in [6.07, 6.45) is 2.92. The maximum absolute atomic E-state index is 13.2. The van der Waals surface area contributed by atoms with Crippen LogP contribution in [0.5, 0.6) is 0 Å². The minimum atomic E-state index is -0.549. The van der Waals surface area contributed by atoms with E-state index < -0.39 is 11.9 Å². The third-order valence-corrected chi connectivity index (χ3v) is 5.41. The zero-order chi connectivity index (χ0) is 22.4. The van der Waals surface area contributed by atoms with Crippen LogP contribution in [0.15, 0.2) is 53.3 Å². The largest absolute Gasteiger partial charge is 0.465 e. The number of nitrogens with zero attached hydrogens (tertiary/aromatic N) is 1. The molecule has 0 bridgehead atoms. The summed E-state index contributed by atoms with van der Waals surface area (Å²) in [5.74, 6) is -1.37. The number of hydrogen-bond donors (Lipinski definition) is 0. The summed E-state index contributed by atoms with van der Waals surface area (Å²) in [4.78, 5) is 36.7. The number of halogens is 1. The molecular weight excluding hydrogens is 421 g/mol. The molecule has 0 unspecified atom stereocenters. The van der Waals surface area contributed by atoms with Crippen molar-refractivity contribution < 1.29 is 23.5 Å². The third-order valence-electron chi connectivity index (χ3n) is 4.35. The number of rotatable bonds is 6. The second kappa shape index (κ2) is 9.99. The van der Waals surface area contributed by atoms with Crippen LogP contribution in [0, 0.1) is 5.82 Å². The van der Waals surface area contributed by atoms with Crippen molar-refractivity contribution in [2.24, 2.45) is 0 Å². The average molecular weight is 441 g/mol. The number of ether oxygens (including phenoxy) is 2. The summed E-state index contributed by atoms with van der Waals surface area (Å²) in [7, 11) is 1.30. The van der Waals surface area contributed by atoms with Gasteiger partial charge in [0.25, 0.3) is 5.56 Å². The fourth-order valence-corrected chi connectivity index (χ4v) is 3.87. The van der Waals surface area contributed by atoms with Crippen molar-refractivity contribution in [1.29, 1.82) is 0 Å². The lowest BCUT2D eigenvalue weighted by Gasteiger charge is -2.04. The minimum Gasteiger partial charge on any atom is -0.465 e. The lowest BCUT2D eigenvalue weighted by Crippen LogP contribution is -2.32. The predicted molar refractivity (Wildman–Crippen MR) is 116 cm³/mol. The molecule has 0 saturated carbocycles. The number of thiazole rings is 1. The van der Waals surface area contributed by atoms with Crippen molar-refractivity contribution >= 4 is 35.4 Å². The van der Waals surface area contributed by atoms with E-state index in [0.29, 0.717) is 20.3 Å². The van der Waals surface area contributed by atoms with Gasteiger partial charge in [-0.3, -0.25) is 9.36 Å². The molecular formula is C23H20FNO5S. The Morgan fingerprint density at radius 3 is 2.39 bits per heavy atom. The second-order valence-electron chi connectivity index (χ2n) is 6.48. The highest BCUT2D eigenvalue weighted by atomic mass is 32.1. The molecule has 160 valence electrons.